The number of amides is 1. The van der Waals surface area contributed by atoms with Crippen LogP contribution in [-0.2, 0) is 11.3 Å². The van der Waals surface area contributed by atoms with Crippen LogP contribution in [0.25, 0.3) is 0 Å². The van der Waals surface area contributed by atoms with Crippen LogP contribution in [0.4, 0.5) is 5.95 Å². The second-order valence-corrected chi connectivity index (χ2v) is 4.88. The molecule has 1 aliphatic heterocycles. The Labute approximate surface area is 113 Å². The number of aromatic nitrogens is 2. The minimum Gasteiger partial charge on any atom is -0.359 e. The molecule has 1 amide bonds. The Morgan fingerprint density at radius 1 is 1.47 bits per heavy atom. The van der Waals surface area contributed by atoms with E-state index < -0.39 is 0 Å². The molecule has 2 rings (SSSR count). The molecule has 0 saturated carbocycles. The van der Waals surface area contributed by atoms with Crippen molar-refractivity contribution in [1.82, 2.24) is 15.3 Å². The largest absolute Gasteiger partial charge is 0.359 e. The molecule has 0 atom stereocenters. The zero-order valence-corrected chi connectivity index (χ0v) is 11.5. The molecule has 1 aromatic rings. The lowest BCUT2D eigenvalue weighted by Gasteiger charge is -2.31. The Morgan fingerprint density at radius 2 is 2.16 bits per heavy atom. The first-order chi connectivity index (χ1) is 9.13. The first kappa shape index (κ1) is 13.7. The number of hydrogen-bond donors (Lipinski definition) is 2. The molecule has 0 spiro atoms. The summed E-state index contributed by atoms with van der Waals surface area (Å²) in [5, 5.41) is 2.71. The summed E-state index contributed by atoms with van der Waals surface area (Å²) >= 11 is 0. The molecule has 104 valence electrons. The quantitative estimate of drug-likeness (QED) is 0.814. The number of hydrogen-bond acceptors (Lipinski definition) is 5. The Kier molecular flexibility index (Phi) is 4.31. The summed E-state index contributed by atoms with van der Waals surface area (Å²) in [6, 6.07) is 1.90. The van der Waals surface area contributed by atoms with E-state index in [-0.39, 0.29) is 11.8 Å². The van der Waals surface area contributed by atoms with Crippen molar-refractivity contribution < 1.29 is 4.79 Å². The van der Waals surface area contributed by atoms with Gasteiger partial charge >= 0.3 is 0 Å². The van der Waals surface area contributed by atoms with E-state index in [0.717, 1.165) is 43.3 Å². The van der Waals surface area contributed by atoms with E-state index in [4.69, 9.17) is 5.73 Å². The molecule has 1 aliphatic rings. The van der Waals surface area contributed by atoms with Gasteiger partial charge in [-0.15, -0.1) is 0 Å². The average molecular weight is 263 g/mol. The van der Waals surface area contributed by atoms with Gasteiger partial charge in [-0.25, -0.2) is 9.97 Å². The predicted molar refractivity (Wildman–Crippen MR) is 73.7 cm³/mol. The highest BCUT2D eigenvalue weighted by atomic mass is 16.1. The van der Waals surface area contributed by atoms with Crippen LogP contribution in [0.3, 0.4) is 0 Å². The van der Waals surface area contributed by atoms with Crippen molar-refractivity contribution in [3.05, 3.63) is 17.5 Å². The number of rotatable bonds is 3. The van der Waals surface area contributed by atoms with Gasteiger partial charge in [0, 0.05) is 38.3 Å². The van der Waals surface area contributed by atoms with Crippen LogP contribution in [0.1, 0.15) is 24.2 Å². The molecule has 3 N–H and O–H groups in total. The fourth-order valence-electron chi connectivity index (χ4n) is 2.41. The summed E-state index contributed by atoms with van der Waals surface area (Å²) in [5.41, 5.74) is 7.42. The molecule has 1 saturated heterocycles. The number of carbonyl (C=O) groups excluding carboxylic acids is 1. The SMILES string of the molecule is CNC(=O)C1CCN(c2nc(C)cc(CN)n2)CC1. The van der Waals surface area contributed by atoms with Gasteiger partial charge in [0.05, 0.1) is 5.69 Å². The van der Waals surface area contributed by atoms with Crippen LogP contribution in [-0.4, -0.2) is 36.0 Å². The minimum absolute atomic E-state index is 0.111. The zero-order valence-electron chi connectivity index (χ0n) is 11.5. The molecule has 0 bridgehead atoms. The molecule has 0 unspecified atom stereocenters. The van der Waals surface area contributed by atoms with Gasteiger partial charge in [0.25, 0.3) is 0 Å². The second-order valence-electron chi connectivity index (χ2n) is 4.88. The monoisotopic (exact) mass is 263 g/mol. The Hall–Kier alpha value is -1.69. The molecule has 6 nitrogen and oxygen atoms in total. The van der Waals surface area contributed by atoms with Crippen molar-refractivity contribution in [2.45, 2.75) is 26.3 Å². The van der Waals surface area contributed by atoms with Crippen LogP contribution < -0.4 is 16.0 Å². The summed E-state index contributed by atoms with van der Waals surface area (Å²) in [4.78, 5) is 22.6. The van der Waals surface area contributed by atoms with Crippen LogP contribution >= 0.6 is 0 Å². The molecular weight excluding hydrogens is 242 g/mol. The minimum atomic E-state index is 0.111. The third-order valence-corrected chi connectivity index (χ3v) is 3.50. The van der Waals surface area contributed by atoms with E-state index in [2.05, 4.69) is 20.2 Å². The summed E-state index contributed by atoms with van der Waals surface area (Å²) in [5.74, 6) is 0.975. The maximum absolute atomic E-state index is 11.6. The molecule has 0 aliphatic carbocycles. The van der Waals surface area contributed by atoms with Gasteiger partial charge in [-0.3, -0.25) is 4.79 Å². The fourth-order valence-corrected chi connectivity index (χ4v) is 2.41. The highest BCUT2D eigenvalue weighted by Crippen LogP contribution is 2.21. The number of piperidine rings is 1. The standard InChI is InChI=1S/C13H21N5O/c1-9-7-11(8-14)17-13(16-9)18-5-3-10(4-6-18)12(19)15-2/h7,10H,3-6,8,14H2,1-2H3,(H,15,19). The van der Waals surface area contributed by atoms with Crippen LogP contribution in [0.5, 0.6) is 0 Å². The van der Waals surface area contributed by atoms with Crippen molar-refractivity contribution in [2.75, 3.05) is 25.0 Å². The fraction of sp³-hybridized carbons (Fsp3) is 0.615. The molecule has 2 heterocycles. The van der Waals surface area contributed by atoms with Gasteiger partial charge in [0.15, 0.2) is 0 Å². The highest BCUT2D eigenvalue weighted by molar-refractivity contribution is 5.78. The number of nitrogens with one attached hydrogen (secondary N) is 1. The molecule has 1 fully saturated rings. The predicted octanol–water partition coefficient (Wildman–Crippen LogP) is 0.206. The maximum atomic E-state index is 11.6. The molecule has 0 radical (unpaired) electrons. The van der Waals surface area contributed by atoms with Crippen molar-refractivity contribution in [3.63, 3.8) is 0 Å². The van der Waals surface area contributed by atoms with E-state index >= 15 is 0 Å². The summed E-state index contributed by atoms with van der Waals surface area (Å²) < 4.78 is 0. The lowest BCUT2D eigenvalue weighted by Crippen LogP contribution is -2.40. The highest BCUT2D eigenvalue weighted by Gasteiger charge is 2.25. The lowest BCUT2D eigenvalue weighted by atomic mass is 9.96. The van der Waals surface area contributed by atoms with Gasteiger partial charge < -0.3 is 16.0 Å². The van der Waals surface area contributed by atoms with Crippen LogP contribution in [0, 0.1) is 12.8 Å². The van der Waals surface area contributed by atoms with E-state index in [0.29, 0.717) is 6.54 Å². The maximum Gasteiger partial charge on any atom is 0.225 e. The average Bonchev–Trinajstić information content (AvgIpc) is 2.46. The number of aryl methyl sites for hydroxylation is 1. The first-order valence-electron chi connectivity index (χ1n) is 6.65. The van der Waals surface area contributed by atoms with Gasteiger partial charge in [0.2, 0.25) is 11.9 Å². The second kappa shape index (κ2) is 5.97. The van der Waals surface area contributed by atoms with Crippen LogP contribution in [0.15, 0.2) is 6.07 Å². The topological polar surface area (TPSA) is 84.1 Å². The first-order valence-corrected chi connectivity index (χ1v) is 6.65. The van der Waals surface area contributed by atoms with Crippen LogP contribution in [0.2, 0.25) is 0 Å². The normalized spacial score (nSPS) is 16.5. The molecular formula is C13H21N5O. The van der Waals surface area contributed by atoms with E-state index in [1.54, 1.807) is 7.05 Å². The molecule has 19 heavy (non-hydrogen) atoms. The summed E-state index contributed by atoms with van der Waals surface area (Å²) in [6.07, 6.45) is 1.68. The van der Waals surface area contributed by atoms with Crippen molar-refractivity contribution in [2.24, 2.45) is 11.7 Å². The number of nitrogens with two attached hydrogens (primary N) is 1. The summed E-state index contributed by atoms with van der Waals surface area (Å²) in [7, 11) is 1.69. The molecule has 6 heteroatoms. The van der Waals surface area contributed by atoms with E-state index in [1.165, 1.54) is 0 Å². The number of carbonyl (C=O) groups is 1. The lowest BCUT2D eigenvalue weighted by molar-refractivity contribution is -0.125. The van der Waals surface area contributed by atoms with Gasteiger partial charge in [-0.2, -0.15) is 0 Å². The van der Waals surface area contributed by atoms with E-state index in [9.17, 15) is 4.79 Å². The van der Waals surface area contributed by atoms with E-state index in [1.807, 2.05) is 13.0 Å². The van der Waals surface area contributed by atoms with Crippen molar-refractivity contribution in [1.29, 1.82) is 0 Å². The number of nitrogens with zero attached hydrogens (tertiary/aromatic N) is 3. The smallest absolute Gasteiger partial charge is 0.225 e. The molecule has 0 aromatic carbocycles. The van der Waals surface area contributed by atoms with Crippen molar-refractivity contribution >= 4 is 11.9 Å². The number of anilines is 1. The third-order valence-electron chi connectivity index (χ3n) is 3.50. The summed E-state index contributed by atoms with van der Waals surface area (Å²) in [6.45, 7) is 3.99. The Morgan fingerprint density at radius 3 is 2.74 bits per heavy atom. The van der Waals surface area contributed by atoms with Gasteiger partial charge in [0.1, 0.15) is 0 Å². The van der Waals surface area contributed by atoms with Gasteiger partial charge in [-0.1, -0.05) is 0 Å². The Balaban J connectivity index is 2.05. The third kappa shape index (κ3) is 3.20. The molecule has 1 aromatic heterocycles. The Bertz CT molecular complexity index is 454. The van der Waals surface area contributed by atoms with Gasteiger partial charge in [-0.05, 0) is 25.8 Å². The van der Waals surface area contributed by atoms with Crippen molar-refractivity contribution in [3.8, 4) is 0 Å². The zero-order chi connectivity index (χ0) is 13.8.